The molecule has 2 saturated heterocycles. The van der Waals surface area contributed by atoms with Gasteiger partial charge in [0.1, 0.15) is 0 Å². The van der Waals surface area contributed by atoms with Crippen molar-refractivity contribution in [1.29, 1.82) is 0 Å². The fraction of sp³-hybridized carbons (Fsp3) is 0.684. The molecule has 166 valence electrons. The van der Waals surface area contributed by atoms with Crippen LogP contribution < -0.4 is 10.2 Å². The topological polar surface area (TPSA) is 105 Å². The summed E-state index contributed by atoms with van der Waals surface area (Å²) in [4.78, 5) is 32.0. The van der Waals surface area contributed by atoms with Gasteiger partial charge in [-0.2, -0.15) is 13.2 Å². The van der Waals surface area contributed by atoms with Crippen molar-refractivity contribution in [3.05, 3.63) is 18.5 Å². The molecule has 0 aromatic carbocycles. The fourth-order valence-electron chi connectivity index (χ4n) is 3.82. The molecule has 1 aromatic rings. The molecule has 11 heteroatoms. The minimum absolute atomic E-state index is 0.181. The number of nitrogens with one attached hydrogen (secondary N) is 1. The third-order valence-corrected chi connectivity index (χ3v) is 5.57. The molecule has 1 aliphatic carbocycles. The van der Waals surface area contributed by atoms with E-state index in [1.807, 2.05) is 6.07 Å². The standard InChI is InChI=1S/C17H24N4O2.C2HF3O2/c22-16(20-7-12-2-3-12)6-13-10-23-11-14-8-21(9-15(13)14)17-18-4-1-5-19-17;3-2(4,5)1(6)7/h1,4-5,12-15H,2-3,6-11H2,(H,20,22);(H,6,7)/t13-,14-,15+;/m1./s1. The summed E-state index contributed by atoms with van der Waals surface area (Å²) in [7, 11) is 0. The van der Waals surface area contributed by atoms with Crippen LogP contribution in [0.4, 0.5) is 19.1 Å². The number of halogens is 3. The second kappa shape index (κ2) is 9.59. The van der Waals surface area contributed by atoms with E-state index < -0.39 is 12.1 Å². The summed E-state index contributed by atoms with van der Waals surface area (Å²) in [5.74, 6) is 0.230. The number of carbonyl (C=O) groups is 2. The van der Waals surface area contributed by atoms with Crippen molar-refractivity contribution < 1.29 is 32.6 Å². The monoisotopic (exact) mass is 430 g/mol. The quantitative estimate of drug-likeness (QED) is 0.733. The number of alkyl halides is 3. The molecule has 3 aliphatic rings. The number of carboxylic acid groups (broad SMARTS) is 1. The molecule has 4 rings (SSSR count). The molecule has 3 fully saturated rings. The smallest absolute Gasteiger partial charge is 0.475 e. The Hall–Kier alpha value is -2.43. The zero-order valence-corrected chi connectivity index (χ0v) is 16.3. The second-order valence-electron chi connectivity index (χ2n) is 7.93. The first kappa shape index (κ1) is 22.3. The molecule has 2 aliphatic heterocycles. The van der Waals surface area contributed by atoms with Gasteiger partial charge in [0.25, 0.3) is 0 Å². The number of nitrogens with zero attached hydrogens (tertiary/aromatic N) is 3. The molecule has 1 aromatic heterocycles. The SMILES string of the molecule is O=C(C[C@@H]1COC[C@H]2CN(c3ncccn3)C[C@@H]12)NCC1CC1.O=C(O)C(F)(F)F. The first-order valence-corrected chi connectivity index (χ1v) is 9.90. The van der Waals surface area contributed by atoms with Gasteiger partial charge in [0.15, 0.2) is 0 Å². The van der Waals surface area contributed by atoms with Gasteiger partial charge in [0.05, 0.1) is 13.2 Å². The van der Waals surface area contributed by atoms with Crippen LogP contribution in [0, 0.1) is 23.7 Å². The van der Waals surface area contributed by atoms with E-state index in [4.69, 9.17) is 14.6 Å². The Morgan fingerprint density at radius 2 is 1.87 bits per heavy atom. The normalized spacial score (nSPS) is 25.7. The van der Waals surface area contributed by atoms with Gasteiger partial charge in [0, 0.05) is 44.4 Å². The Labute approximate surface area is 171 Å². The summed E-state index contributed by atoms with van der Waals surface area (Å²) in [6.45, 7) is 4.19. The molecular formula is C19H25F3N4O4. The average Bonchev–Trinajstić information content (AvgIpc) is 3.43. The van der Waals surface area contributed by atoms with E-state index in [1.54, 1.807) is 12.4 Å². The predicted octanol–water partition coefficient (Wildman–Crippen LogP) is 1.72. The number of hydrogen-bond acceptors (Lipinski definition) is 6. The summed E-state index contributed by atoms with van der Waals surface area (Å²) >= 11 is 0. The van der Waals surface area contributed by atoms with Crippen LogP contribution in [0.2, 0.25) is 0 Å². The van der Waals surface area contributed by atoms with Gasteiger partial charge in [0.2, 0.25) is 11.9 Å². The van der Waals surface area contributed by atoms with E-state index in [1.165, 1.54) is 12.8 Å². The van der Waals surface area contributed by atoms with E-state index in [0.717, 1.165) is 38.1 Å². The number of amides is 1. The van der Waals surface area contributed by atoms with Gasteiger partial charge in [-0.25, -0.2) is 14.8 Å². The van der Waals surface area contributed by atoms with Crippen molar-refractivity contribution in [2.24, 2.45) is 23.7 Å². The van der Waals surface area contributed by atoms with Gasteiger partial charge < -0.3 is 20.1 Å². The molecule has 3 atom stereocenters. The number of fused-ring (bicyclic) bond motifs is 1. The fourth-order valence-corrected chi connectivity index (χ4v) is 3.82. The number of aromatic nitrogens is 2. The average molecular weight is 430 g/mol. The summed E-state index contributed by atoms with van der Waals surface area (Å²) in [6, 6.07) is 1.84. The predicted molar refractivity (Wildman–Crippen MR) is 99.6 cm³/mol. The number of ether oxygens (including phenoxy) is 1. The second-order valence-corrected chi connectivity index (χ2v) is 7.93. The van der Waals surface area contributed by atoms with Crippen LogP contribution in [-0.2, 0) is 14.3 Å². The number of anilines is 1. The van der Waals surface area contributed by atoms with Gasteiger partial charge in [-0.3, -0.25) is 4.79 Å². The largest absolute Gasteiger partial charge is 0.490 e. The van der Waals surface area contributed by atoms with Crippen LogP contribution in [0.5, 0.6) is 0 Å². The highest BCUT2D eigenvalue weighted by Gasteiger charge is 2.42. The van der Waals surface area contributed by atoms with Crippen LogP contribution in [-0.4, -0.2) is 66.0 Å². The molecule has 0 radical (unpaired) electrons. The van der Waals surface area contributed by atoms with Crippen LogP contribution in [0.25, 0.3) is 0 Å². The van der Waals surface area contributed by atoms with E-state index in [2.05, 4.69) is 20.2 Å². The highest BCUT2D eigenvalue weighted by molar-refractivity contribution is 5.76. The molecule has 30 heavy (non-hydrogen) atoms. The van der Waals surface area contributed by atoms with Crippen LogP contribution in [0.3, 0.4) is 0 Å². The van der Waals surface area contributed by atoms with Crippen molar-refractivity contribution in [2.75, 3.05) is 37.7 Å². The lowest BCUT2D eigenvalue weighted by Crippen LogP contribution is -2.38. The molecule has 0 unspecified atom stereocenters. The molecule has 0 spiro atoms. The molecule has 0 bridgehead atoms. The van der Waals surface area contributed by atoms with E-state index in [9.17, 15) is 18.0 Å². The number of carboxylic acids is 1. The van der Waals surface area contributed by atoms with Gasteiger partial charge in [-0.1, -0.05) is 0 Å². The summed E-state index contributed by atoms with van der Waals surface area (Å²) in [5, 5.41) is 10.2. The first-order chi connectivity index (χ1) is 14.2. The Bertz CT molecular complexity index is 730. The third-order valence-electron chi connectivity index (χ3n) is 5.57. The van der Waals surface area contributed by atoms with Crippen LogP contribution >= 0.6 is 0 Å². The summed E-state index contributed by atoms with van der Waals surface area (Å²) in [6.07, 6.45) is 1.59. The third kappa shape index (κ3) is 6.28. The Morgan fingerprint density at radius 1 is 1.20 bits per heavy atom. The van der Waals surface area contributed by atoms with Crippen LogP contribution in [0.15, 0.2) is 18.5 Å². The summed E-state index contributed by atoms with van der Waals surface area (Å²) in [5.41, 5.74) is 0. The molecule has 1 amide bonds. The lowest BCUT2D eigenvalue weighted by Gasteiger charge is -2.32. The number of hydrogen-bond donors (Lipinski definition) is 2. The van der Waals surface area contributed by atoms with Crippen LogP contribution in [0.1, 0.15) is 19.3 Å². The van der Waals surface area contributed by atoms with Crippen molar-refractivity contribution in [3.8, 4) is 0 Å². The highest BCUT2D eigenvalue weighted by atomic mass is 19.4. The molecular weight excluding hydrogens is 405 g/mol. The van der Waals surface area contributed by atoms with Gasteiger partial charge in [-0.05, 0) is 36.7 Å². The zero-order chi connectivity index (χ0) is 21.7. The number of carbonyl (C=O) groups excluding carboxylic acids is 1. The van der Waals surface area contributed by atoms with E-state index >= 15 is 0 Å². The highest BCUT2D eigenvalue weighted by Crippen LogP contribution is 2.37. The van der Waals surface area contributed by atoms with Crippen molar-refractivity contribution in [1.82, 2.24) is 15.3 Å². The lowest BCUT2D eigenvalue weighted by molar-refractivity contribution is -0.192. The Morgan fingerprint density at radius 3 is 2.47 bits per heavy atom. The molecule has 8 nitrogen and oxygen atoms in total. The van der Waals surface area contributed by atoms with Crippen molar-refractivity contribution in [2.45, 2.75) is 25.4 Å². The maximum atomic E-state index is 12.2. The zero-order valence-electron chi connectivity index (χ0n) is 16.3. The lowest BCUT2D eigenvalue weighted by atomic mass is 9.81. The van der Waals surface area contributed by atoms with E-state index in [-0.39, 0.29) is 5.91 Å². The molecule has 1 saturated carbocycles. The van der Waals surface area contributed by atoms with E-state index in [0.29, 0.717) is 30.8 Å². The maximum absolute atomic E-state index is 12.2. The Kier molecular flexibility index (Phi) is 7.11. The Balaban J connectivity index is 0.000000318. The van der Waals surface area contributed by atoms with Crippen molar-refractivity contribution >= 4 is 17.8 Å². The number of aliphatic carboxylic acids is 1. The number of rotatable bonds is 5. The van der Waals surface area contributed by atoms with Crippen molar-refractivity contribution in [3.63, 3.8) is 0 Å². The summed E-state index contributed by atoms with van der Waals surface area (Å²) < 4.78 is 37.5. The first-order valence-electron chi connectivity index (χ1n) is 9.90. The minimum Gasteiger partial charge on any atom is -0.475 e. The van der Waals surface area contributed by atoms with Gasteiger partial charge in [-0.15, -0.1) is 0 Å². The minimum atomic E-state index is -5.08. The molecule has 2 N–H and O–H groups in total. The van der Waals surface area contributed by atoms with Gasteiger partial charge >= 0.3 is 12.1 Å². The maximum Gasteiger partial charge on any atom is 0.490 e. The molecule has 3 heterocycles.